The highest BCUT2D eigenvalue weighted by Gasteiger charge is 2.37. The second-order valence-electron chi connectivity index (χ2n) is 7.00. The van der Waals surface area contributed by atoms with E-state index in [0.717, 1.165) is 16.2 Å². The Morgan fingerprint density at radius 2 is 1.85 bits per heavy atom. The molecule has 4 rings (SSSR count). The van der Waals surface area contributed by atoms with Crippen LogP contribution in [0.15, 0.2) is 69.2 Å². The monoisotopic (exact) mass is 528 g/mol. The van der Waals surface area contributed by atoms with E-state index in [0.29, 0.717) is 5.56 Å². The molecule has 8 nitrogen and oxygen atoms in total. The Kier molecular flexibility index (Phi) is 6.55. The lowest BCUT2D eigenvalue weighted by atomic mass is 10.2. The van der Waals surface area contributed by atoms with Gasteiger partial charge in [-0.05, 0) is 65.2 Å². The molecule has 1 aliphatic rings. The normalized spacial score (nSPS) is 14.7. The van der Waals surface area contributed by atoms with Gasteiger partial charge in [-0.15, -0.1) is 11.3 Å². The molecule has 2 aromatic heterocycles. The molecule has 3 aromatic rings. The molecule has 34 heavy (non-hydrogen) atoms. The molecule has 3 heterocycles. The number of sulfonamides is 1. The van der Waals surface area contributed by atoms with Crippen molar-refractivity contribution in [3.8, 4) is 0 Å². The predicted octanol–water partition coefficient (Wildman–Crippen LogP) is 4.52. The third kappa shape index (κ3) is 5.51. The molecule has 0 radical (unpaired) electrons. The first-order valence-corrected chi connectivity index (χ1v) is 12.7. The van der Waals surface area contributed by atoms with Crippen molar-refractivity contribution in [1.82, 2.24) is 9.88 Å². The molecule has 1 fully saturated rings. The maximum absolute atomic E-state index is 12.8. The number of urea groups is 1. The number of carbonyl (C=O) groups excluding carboxylic acids is 2. The van der Waals surface area contributed by atoms with E-state index in [1.807, 2.05) is 0 Å². The van der Waals surface area contributed by atoms with Crippen LogP contribution in [0.1, 0.15) is 5.56 Å². The van der Waals surface area contributed by atoms with Crippen LogP contribution in [0.3, 0.4) is 0 Å². The Hall–Kier alpha value is -3.10. The van der Waals surface area contributed by atoms with E-state index < -0.39 is 27.5 Å². The Morgan fingerprint density at radius 3 is 2.50 bits per heavy atom. The summed E-state index contributed by atoms with van der Waals surface area (Å²) in [6, 6.07) is 10.4. The molecule has 3 amide bonds. The highest BCUT2D eigenvalue weighted by atomic mass is 32.2. The number of alkyl halides is 3. The number of amides is 3. The summed E-state index contributed by atoms with van der Waals surface area (Å²) in [5, 5.41) is 1.63. The van der Waals surface area contributed by atoms with Gasteiger partial charge in [-0.2, -0.15) is 13.2 Å². The molecule has 1 aromatic carbocycles. The zero-order chi connectivity index (χ0) is 24.5. The van der Waals surface area contributed by atoms with Crippen molar-refractivity contribution >= 4 is 56.6 Å². The second kappa shape index (κ2) is 9.27. The summed E-state index contributed by atoms with van der Waals surface area (Å²) in [5.41, 5.74) is -3.76. The topological polar surface area (TPSA) is 99.7 Å². The third-order valence-electron chi connectivity index (χ3n) is 4.56. The number of anilines is 2. The van der Waals surface area contributed by atoms with Crippen LogP contribution in [-0.4, -0.2) is 42.3 Å². The standard InChI is InChI=1S/C20H15F3N4O4S3/c21-20(22,23)33-15-5-3-14(4-6-15)27-17(28)12-26(19(27)29)11-13-7-8-24-16(10-13)25-34(30,31)18-2-1-9-32-18/h1-10H,11-12H2,(H,24,25). The summed E-state index contributed by atoms with van der Waals surface area (Å²) >= 11 is 0.758. The van der Waals surface area contributed by atoms with Gasteiger partial charge in [0, 0.05) is 17.6 Å². The van der Waals surface area contributed by atoms with Crippen LogP contribution in [0.25, 0.3) is 0 Å². The molecule has 1 N–H and O–H groups in total. The van der Waals surface area contributed by atoms with Crippen molar-refractivity contribution in [1.29, 1.82) is 0 Å². The number of carbonyl (C=O) groups is 2. The molecule has 0 aliphatic carbocycles. The van der Waals surface area contributed by atoms with E-state index >= 15 is 0 Å². The lowest BCUT2D eigenvalue weighted by Crippen LogP contribution is -2.32. The van der Waals surface area contributed by atoms with Gasteiger partial charge in [0.15, 0.2) is 0 Å². The van der Waals surface area contributed by atoms with Crippen LogP contribution in [0.4, 0.5) is 29.5 Å². The summed E-state index contributed by atoms with van der Waals surface area (Å²) in [5.74, 6) is -0.479. The Balaban J connectivity index is 1.46. The zero-order valence-corrected chi connectivity index (χ0v) is 19.5. The quantitative estimate of drug-likeness (QED) is 0.358. The molecule has 0 atom stereocenters. The average molecular weight is 529 g/mol. The van der Waals surface area contributed by atoms with Gasteiger partial charge in [0.1, 0.15) is 16.6 Å². The van der Waals surface area contributed by atoms with Crippen LogP contribution >= 0.6 is 23.1 Å². The number of hydrogen-bond acceptors (Lipinski definition) is 7. The highest BCUT2D eigenvalue weighted by molar-refractivity contribution is 8.00. The number of aromatic nitrogens is 1. The molecule has 0 bridgehead atoms. The average Bonchev–Trinajstić information content (AvgIpc) is 3.37. The smallest absolute Gasteiger partial charge is 0.310 e. The molecule has 178 valence electrons. The fourth-order valence-electron chi connectivity index (χ4n) is 3.18. The van der Waals surface area contributed by atoms with Crippen LogP contribution < -0.4 is 9.62 Å². The fourth-order valence-corrected chi connectivity index (χ4v) is 5.71. The number of thioether (sulfide) groups is 1. The Labute approximate surface area is 200 Å². The Bertz CT molecular complexity index is 1310. The number of hydrogen-bond donors (Lipinski definition) is 1. The molecular formula is C20H15F3N4O4S3. The van der Waals surface area contributed by atoms with E-state index in [1.165, 1.54) is 47.5 Å². The lowest BCUT2D eigenvalue weighted by Gasteiger charge is -2.18. The van der Waals surface area contributed by atoms with E-state index in [-0.39, 0.29) is 45.5 Å². The predicted molar refractivity (Wildman–Crippen MR) is 121 cm³/mol. The molecule has 0 spiro atoms. The fraction of sp³-hybridized carbons (Fsp3) is 0.150. The summed E-state index contributed by atoms with van der Waals surface area (Å²) in [4.78, 5) is 31.3. The third-order valence-corrected chi connectivity index (χ3v) is 8.05. The molecule has 14 heteroatoms. The first-order valence-electron chi connectivity index (χ1n) is 9.51. The second-order valence-corrected chi connectivity index (χ2v) is 11.0. The number of halogens is 3. The molecule has 0 unspecified atom stereocenters. The minimum atomic E-state index is -4.45. The lowest BCUT2D eigenvalue weighted by molar-refractivity contribution is -0.116. The van der Waals surface area contributed by atoms with Gasteiger partial charge < -0.3 is 4.90 Å². The van der Waals surface area contributed by atoms with Gasteiger partial charge in [-0.25, -0.2) is 23.1 Å². The van der Waals surface area contributed by atoms with Gasteiger partial charge in [0.2, 0.25) is 0 Å². The zero-order valence-electron chi connectivity index (χ0n) is 17.0. The van der Waals surface area contributed by atoms with E-state index in [4.69, 9.17) is 0 Å². The van der Waals surface area contributed by atoms with Crippen molar-refractivity contribution in [3.63, 3.8) is 0 Å². The number of benzene rings is 1. The number of pyridine rings is 1. The number of rotatable bonds is 7. The van der Waals surface area contributed by atoms with E-state index in [9.17, 15) is 31.2 Å². The molecule has 1 saturated heterocycles. The van der Waals surface area contributed by atoms with Gasteiger partial charge in [0.05, 0.1) is 5.69 Å². The summed E-state index contributed by atoms with van der Waals surface area (Å²) in [6.45, 7) is -0.240. The first-order chi connectivity index (χ1) is 16.0. The van der Waals surface area contributed by atoms with Crippen LogP contribution in [0, 0.1) is 0 Å². The van der Waals surface area contributed by atoms with E-state index in [2.05, 4.69) is 9.71 Å². The molecular weight excluding hydrogens is 513 g/mol. The van der Waals surface area contributed by atoms with Gasteiger partial charge >= 0.3 is 11.5 Å². The van der Waals surface area contributed by atoms with Gasteiger partial charge in [-0.3, -0.25) is 9.52 Å². The number of nitrogens with one attached hydrogen (secondary N) is 1. The molecule has 0 saturated carbocycles. The maximum Gasteiger partial charge on any atom is 0.446 e. The van der Waals surface area contributed by atoms with E-state index in [1.54, 1.807) is 17.5 Å². The minimum absolute atomic E-state index is 0.000663. The van der Waals surface area contributed by atoms with Crippen LogP contribution in [0.5, 0.6) is 0 Å². The van der Waals surface area contributed by atoms with Crippen molar-refractivity contribution in [2.24, 2.45) is 0 Å². The van der Waals surface area contributed by atoms with Gasteiger partial charge in [-0.1, -0.05) is 6.07 Å². The van der Waals surface area contributed by atoms with Crippen molar-refractivity contribution < 1.29 is 31.2 Å². The largest absolute Gasteiger partial charge is 0.446 e. The number of imide groups is 1. The first kappa shape index (κ1) is 24.0. The van der Waals surface area contributed by atoms with Crippen molar-refractivity contribution in [2.75, 3.05) is 16.2 Å². The van der Waals surface area contributed by atoms with Crippen molar-refractivity contribution in [2.45, 2.75) is 21.2 Å². The highest BCUT2D eigenvalue weighted by Crippen LogP contribution is 2.37. The van der Waals surface area contributed by atoms with Crippen LogP contribution in [0.2, 0.25) is 0 Å². The van der Waals surface area contributed by atoms with Crippen molar-refractivity contribution in [3.05, 3.63) is 65.7 Å². The SMILES string of the molecule is O=C1CN(Cc2ccnc(NS(=O)(=O)c3cccs3)c2)C(=O)N1c1ccc(SC(F)(F)F)cc1. The summed E-state index contributed by atoms with van der Waals surface area (Å²) in [7, 11) is -3.80. The molecule has 1 aliphatic heterocycles. The van der Waals surface area contributed by atoms with Gasteiger partial charge in [0.25, 0.3) is 15.9 Å². The number of thiophene rings is 1. The summed E-state index contributed by atoms with van der Waals surface area (Å²) in [6.07, 6.45) is 1.37. The number of nitrogens with zero attached hydrogens (tertiary/aromatic N) is 3. The maximum atomic E-state index is 12.8. The minimum Gasteiger partial charge on any atom is -0.310 e. The summed E-state index contributed by atoms with van der Waals surface area (Å²) < 4.78 is 64.8. The Morgan fingerprint density at radius 1 is 1.12 bits per heavy atom. The van der Waals surface area contributed by atoms with Crippen LogP contribution in [-0.2, 0) is 21.4 Å².